The molecule has 3 aliphatic rings. The van der Waals surface area contributed by atoms with Crippen molar-refractivity contribution in [2.45, 2.75) is 71.3 Å². The number of hydrogen-bond donors (Lipinski definition) is 2. The van der Waals surface area contributed by atoms with E-state index in [0.717, 1.165) is 54.0 Å². The van der Waals surface area contributed by atoms with Crippen molar-refractivity contribution < 1.29 is 26.9 Å². The van der Waals surface area contributed by atoms with Gasteiger partial charge in [-0.2, -0.15) is 17.2 Å². The fourth-order valence-electron chi connectivity index (χ4n) is 5.34. The summed E-state index contributed by atoms with van der Waals surface area (Å²) < 4.78 is 37.3. The number of aromatic nitrogens is 1. The van der Waals surface area contributed by atoms with Crippen molar-refractivity contribution in [1.29, 1.82) is 0 Å². The smallest absolute Gasteiger partial charge is 0.436 e. The van der Waals surface area contributed by atoms with Gasteiger partial charge in [0.25, 0.3) is 0 Å². The van der Waals surface area contributed by atoms with Crippen LogP contribution in [0.5, 0.6) is 0 Å². The molecule has 1 fully saturated rings. The van der Waals surface area contributed by atoms with Gasteiger partial charge in [0.1, 0.15) is 0 Å². The summed E-state index contributed by atoms with van der Waals surface area (Å²) in [6.07, 6.45) is 6.20. The van der Waals surface area contributed by atoms with E-state index in [2.05, 4.69) is 16.5 Å². The summed E-state index contributed by atoms with van der Waals surface area (Å²) in [6.45, 7) is 4.09. The lowest BCUT2D eigenvalue weighted by atomic mass is 9.99. The first-order valence-electron chi connectivity index (χ1n) is 11.9. The minimum atomic E-state index is -4.72. The maximum Gasteiger partial charge on any atom is 0.436 e. The molecule has 2 amide bonds. The van der Waals surface area contributed by atoms with Crippen LogP contribution in [0.25, 0.3) is 0 Å². The number of hydrogen-bond acceptors (Lipinski definition) is 7. The topological polar surface area (TPSA) is 129 Å². The molecule has 11 heteroatoms. The zero-order chi connectivity index (χ0) is 24.0. The second-order valence-corrected chi connectivity index (χ2v) is 11.0. The van der Waals surface area contributed by atoms with E-state index in [-0.39, 0.29) is 5.88 Å². The molecule has 0 saturated carbocycles. The van der Waals surface area contributed by atoms with Crippen molar-refractivity contribution in [2.75, 3.05) is 22.8 Å². The molecule has 1 unspecified atom stereocenters. The standard InChI is InChI=1S/C23H30N4O6S/c1-14-15(2)25-33-22(14)26(18-9-11-32-12-10-18)34(30,31)27(29)23(28)24-21-19-7-3-5-16(19)13-17-6-4-8-20(17)21/h13,18,27H,3-12H2,1-2H3,(H,24,28). The highest BCUT2D eigenvalue weighted by Crippen LogP contribution is 2.38. The molecule has 0 bridgehead atoms. The first-order valence-corrected chi connectivity index (χ1v) is 13.3. The molecule has 5 rings (SSSR count). The first-order chi connectivity index (χ1) is 16.3. The lowest BCUT2D eigenvalue weighted by Crippen LogP contribution is -3.14. The van der Waals surface area contributed by atoms with E-state index in [9.17, 15) is 18.4 Å². The van der Waals surface area contributed by atoms with Crippen LogP contribution in [0.2, 0.25) is 0 Å². The Kier molecular flexibility index (Phi) is 6.13. The number of rotatable bonds is 5. The van der Waals surface area contributed by atoms with Crippen molar-refractivity contribution in [3.63, 3.8) is 0 Å². The van der Waals surface area contributed by atoms with E-state index < -0.39 is 26.8 Å². The van der Waals surface area contributed by atoms with Crippen LogP contribution < -0.4 is 14.1 Å². The Morgan fingerprint density at radius 1 is 1.12 bits per heavy atom. The minimum Gasteiger partial charge on any atom is -0.608 e. The van der Waals surface area contributed by atoms with Crippen LogP contribution in [-0.2, 0) is 40.6 Å². The van der Waals surface area contributed by atoms with Crippen LogP contribution in [-0.4, -0.2) is 38.9 Å². The SMILES string of the molecule is Cc1noc(N(C2CCOCC2)S(=O)(=O)[NH+]([O-])C(=O)Nc2c3c(cc4c2CCC4)CCC3)c1C. The fourth-order valence-corrected chi connectivity index (χ4v) is 6.79. The third kappa shape index (κ3) is 3.90. The summed E-state index contributed by atoms with van der Waals surface area (Å²) in [4.78, 5) is 13.1. The summed E-state index contributed by atoms with van der Waals surface area (Å²) >= 11 is 0. The predicted octanol–water partition coefficient (Wildman–Crippen LogP) is 2.11. The highest BCUT2D eigenvalue weighted by Gasteiger charge is 2.43. The van der Waals surface area contributed by atoms with Gasteiger partial charge in [0.2, 0.25) is 5.88 Å². The molecule has 34 heavy (non-hydrogen) atoms. The van der Waals surface area contributed by atoms with Gasteiger partial charge in [-0.3, -0.25) is 5.32 Å². The van der Waals surface area contributed by atoms with Crippen LogP contribution in [0.3, 0.4) is 0 Å². The van der Waals surface area contributed by atoms with E-state index in [1.807, 2.05) is 0 Å². The largest absolute Gasteiger partial charge is 0.608 e. The zero-order valence-electron chi connectivity index (χ0n) is 19.5. The van der Waals surface area contributed by atoms with Gasteiger partial charge in [-0.1, -0.05) is 11.2 Å². The molecule has 1 aromatic heterocycles. The van der Waals surface area contributed by atoms with Gasteiger partial charge in [0.05, 0.1) is 17.4 Å². The molecule has 10 nitrogen and oxygen atoms in total. The minimum absolute atomic E-state index is 0.0213. The fraction of sp³-hybridized carbons (Fsp3) is 0.565. The summed E-state index contributed by atoms with van der Waals surface area (Å²) in [5.41, 5.74) is 6.10. The average molecular weight is 491 g/mol. The molecular formula is C23H30N4O6S. The number of quaternary nitrogens is 1. The van der Waals surface area contributed by atoms with Crippen LogP contribution in [0.1, 0.15) is 59.2 Å². The summed E-state index contributed by atoms with van der Waals surface area (Å²) in [5, 5.41) is 19.8. The van der Waals surface area contributed by atoms with Crippen LogP contribution >= 0.6 is 0 Å². The predicted molar refractivity (Wildman–Crippen MR) is 125 cm³/mol. The van der Waals surface area contributed by atoms with E-state index >= 15 is 0 Å². The third-order valence-electron chi connectivity index (χ3n) is 7.25. The molecule has 184 valence electrons. The van der Waals surface area contributed by atoms with E-state index in [1.165, 1.54) is 11.1 Å². The number of hydroxylamine groups is 1. The number of benzene rings is 1. The van der Waals surface area contributed by atoms with Gasteiger partial charge in [-0.25, -0.2) is 4.79 Å². The Morgan fingerprint density at radius 3 is 2.29 bits per heavy atom. The number of carbonyl (C=O) groups is 1. The number of amides is 2. The average Bonchev–Trinajstić information content (AvgIpc) is 3.56. The summed E-state index contributed by atoms with van der Waals surface area (Å²) in [6, 6.07) is 0.507. The second-order valence-electron chi connectivity index (χ2n) is 9.32. The number of anilines is 2. The van der Waals surface area contributed by atoms with Crippen LogP contribution in [0.4, 0.5) is 16.4 Å². The highest BCUT2D eigenvalue weighted by molar-refractivity contribution is 7.86. The summed E-state index contributed by atoms with van der Waals surface area (Å²) in [5.74, 6) is -0.0213. The van der Waals surface area contributed by atoms with Crippen molar-refractivity contribution >= 4 is 27.8 Å². The van der Waals surface area contributed by atoms with Crippen LogP contribution in [0, 0.1) is 19.1 Å². The van der Waals surface area contributed by atoms with Gasteiger partial charge in [0, 0.05) is 18.8 Å². The van der Waals surface area contributed by atoms with Crippen molar-refractivity contribution in [3.8, 4) is 0 Å². The number of nitrogens with one attached hydrogen (secondary N) is 2. The van der Waals surface area contributed by atoms with E-state index in [4.69, 9.17) is 9.26 Å². The molecule has 0 spiro atoms. The van der Waals surface area contributed by atoms with Crippen LogP contribution in [0.15, 0.2) is 10.6 Å². The number of carbonyl (C=O) groups excluding carboxylic acids is 1. The monoisotopic (exact) mass is 490 g/mol. The number of urea groups is 1. The van der Waals surface area contributed by atoms with Crippen molar-refractivity contribution in [2.24, 2.45) is 0 Å². The zero-order valence-corrected chi connectivity index (χ0v) is 20.3. The third-order valence-corrected chi connectivity index (χ3v) is 8.88. The Bertz CT molecular complexity index is 1190. The molecule has 0 radical (unpaired) electrons. The van der Waals surface area contributed by atoms with Crippen molar-refractivity contribution in [1.82, 2.24) is 5.16 Å². The maximum atomic E-state index is 13.6. The lowest BCUT2D eigenvalue weighted by Gasteiger charge is -2.34. The van der Waals surface area contributed by atoms with Gasteiger partial charge < -0.3 is 14.5 Å². The van der Waals surface area contributed by atoms with Gasteiger partial charge >= 0.3 is 16.2 Å². The number of ether oxygens (including phenoxy) is 1. The van der Waals surface area contributed by atoms with E-state index in [1.54, 1.807) is 13.8 Å². The molecular weight excluding hydrogens is 460 g/mol. The Hall–Kier alpha value is -2.47. The molecule has 1 saturated heterocycles. The van der Waals surface area contributed by atoms with Crippen molar-refractivity contribution in [3.05, 3.63) is 44.8 Å². The second kappa shape index (κ2) is 8.95. The Balaban J connectivity index is 1.47. The van der Waals surface area contributed by atoms with Gasteiger partial charge in [-0.15, -0.1) is 0 Å². The molecule has 2 heterocycles. The molecule has 2 aromatic rings. The number of aryl methyl sites for hydroxylation is 3. The number of fused-ring (bicyclic) bond motifs is 2. The van der Waals surface area contributed by atoms with Gasteiger partial charge in [0.15, 0.2) is 0 Å². The summed E-state index contributed by atoms with van der Waals surface area (Å²) in [7, 11) is -4.72. The Labute approximate surface area is 199 Å². The first kappa shape index (κ1) is 23.3. The normalized spacial score (nSPS) is 19.0. The maximum absolute atomic E-state index is 13.6. The molecule has 2 N–H and O–H groups in total. The van der Waals surface area contributed by atoms with E-state index in [0.29, 0.717) is 43.0 Å². The number of nitrogens with zero attached hydrogens (tertiary/aromatic N) is 2. The highest BCUT2D eigenvalue weighted by atomic mass is 32.2. The lowest BCUT2D eigenvalue weighted by molar-refractivity contribution is -0.604. The van der Waals surface area contributed by atoms with Gasteiger partial charge in [-0.05, 0) is 87.5 Å². The molecule has 1 aliphatic heterocycles. The quantitative estimate of drug-likeness (QED) is 0.614. The molecule has 1 aromatic carbocycles. The molecule has 2 aliphatic carbocycles. The Morgan fingerprint density at radius 2 is 1.74 bits per heavy atom. The molecule has 1 atom stereocenters.